The summed E-state index contributed by atoms with van der Waals surface area (Å²) in [6, 6.07) is 1.39. The summed E-state index contributed by atoms with van der Waals surface area (Å²) in [5, 5.41) is 9.15. The summed E-state index contributed by atoms with van der Waals surface area (Å²) in [5.41, 5.74) is -0.0700. The molecular weight excluding hydrogens is 249 g/mol. The van der Waals surface area contributed by atoms with E-state index in [4.69, 9.17) is 5.11 Å². The van der Waals surface area contributed by atoms with Gasteiger partial charge in [0, 0.05) is 25.7 Å². The van der Waals surface area contributed by atoms with Crippen LogP contribution in [0.1, 0.15) is 23.7 Å². The molecule has 1 fully saturated rings. The number of nitrogens with zero attached hydrogens (tertiary/aromatic N) is 3. The third kappa shape index (κ3) is 2.84. The van der Waals surface area contributed by atoms with Gasteiger partial charge >= 0.3 is 5.97 Å². The number of hydrogen-bond acceptors (Lipinski definition) is 4. The highest BCUT2D eigenvalue weighted by atomic mass is 19.1. The van der Waals surface area contributed by atoms with E-state index in [2.05, 4.69) is 23.9 Å². The number of carboxylic acids is 1. The van der Waals surface area contributed by atoms with E-state index in [0.717, 1.165) is 25.2 Å². The Hall–Kier alpha value is -1.69. The molecule has 0 radical (unpaired) electrons. The topological polar surface area (TPSA) is 56.7 Å². The van der Waals surface area contributed by atoms with Gasteiger partial charge in [-0.2, -0.15) is 0 Å². The van der Waals surface area contributed by atoms with Crippen LogP contribution >= 0.6 is 0 Å². The minimum atomic E-state index is -1.14. The monoisotopic (exact) mass is 267 g/mol. The summed E-state index contributed by atoms with van der Waals surface area (Å²) in [5.74, 6) is -1.41. The van der Waals surface area contributed by atoms with Crippen molar-refractivity contribution in [3.05, 3.63) is 23.6 Å². The lowest BCUT2D eigenvalue weighted by atomic mass is 10.1. The highest BCUT2D eigenvalue weighted by molar-refractivity contribution is 5.93. The van der Waals surface area contributed by atoms with Crippen LogP contribution in [0.3, 0.4) is 0 Å². The molecule has 19 heavy (non-hydrogen) atoms. The summed E-state index contributed by atoms with van der Waals surface area (Å²) in [7, 11) is 2.06. The van der Waals surface area contributed by atoms with Crippen molar-refractivity contribution in [2.45, 2.75) is 19.4 Å². The Labute approximate surface area is 111 Å². The van der Waals surface area contributed by atoms with Gasteiger partial charge in [0.1, 0.15) is 17.2 Å². The fourth-order valence-corrected chi connectivity index (χ4v) is 2.42. The Morgan fingerprint density at radius 2 is 2.32 bits per heavy atom. The first kappa shape index (κ1) is 13.7. The van der Waals surface area contributed by atoms with Crippen LogP contribution < -0.4 is 4.90 Å². The molecule has 0 saturated carbocycles. The van der Waals surface area contributed by atoms with Crippen LogP contribution in [0.2, 0.25) is 0 Å². The van der Waals surface area contributed by atoms with Crippen molar-refractivity contribution in [1.82, 2.24) is 9.88 Å². The molecule has 1 N–H and O–H groups in total. The van der Waals surface area contributed by atoms with Gasteiger partial charge in [-0.3, -0.25) is 4.90 Å². The van der Waals surface area contributed by atoms with Crippen LogP contribution in [0, 0.1) is 5.82 Å². The minimum Gasteiger partial charge on any atom is -0.478 e. The number of carbonyl (C=O) groups is 1. The summed E-state index contributed by atoms with van der Waals surface area (Å²) in [6.45, 7) is 4.36. The number of pyridine rings is 1. The number of anilines is 1. The van der Waals surface area contributed by atoms with E-state index in [-0.39, 0.29) is 5.56 Å². The summed E-state index contributed by atoms with van der Waals surface area (Å²) < 4.78 is 13.1. The molecule has 1 saturated heterocycles. The van der Waals surface area contributed by atoms with E-state index in [1.54, 1.807) is 0 Å². The molecule has 104 valence electrons. The van der Waals surface area contributed by atoms with Crippen molar-refractivity contribution in [2.24, 2.45) is 0 Å². The highest BCUT2D eigenvalue weighted by Crippen LogP contribution is 2.22. The fourth-order valence-electron chi connectivity index (χ4n) is 2.42. The molecule has 5 nitrogen and oxygen atoms in total. The standard InChI is InChI=1S/C13H18FN3O2/c1-3-10-8-17(5-4-16(10)2)12-11(13(18)19)6-9(14)7-15-12/h6-7,10H,3-5,8H2,1-2H3,(H,18,19). The number of aromatic carboxylic acids is 1. The zero-order valence-corrected chi connectivity index (χ0v) is 11.1. The highest BCUT2D eigenvalue weighted by Gasteiger charge is 2.26. The van der Waals surface area contributed by atoms with Crippen LogP contribution in [0.15, 0.2) is 12.3 Å². The van der Waals surface area contributed by atoms with Gasteiger partial charge in [-0.15, -0.1) is 0 Å². The maximum atomic E-state index is 13.1. The van der Waals surface area contributed by atoms with Crippen molar-refractivity contribution in [2.75, 3.05) is 31.6 Å². The van der Waals surface area contributed by atoms with Gasteiger partial charge in [0.15, 0.2) is 0 Å². The predicted molar refractivity (Wildman–Crippen MR) is 70.1 cm³/mol. The number of halogens is 1. The van der Waals surface area contributed by atoms with Crippen molar-refractivity contribution in [3.63, 3.8) is 0 Å². The summed E-state index contributed by atoms with van der Waals surface area (Å²) in [6.07, 6.45) is 2.05. The molecule has 0 amide bonds. The first-order valence-electron chi connectivity index (χ1n) is 6.37. The molecule has 6 heteroatoms. The van der Waals surface area contributed by atoms with E-state index in [1.807, 2.05) is 4.90 Å². The molecule has 0 aromatic carbocycles. The van der Waals surface area contributed by atoms with Gasteiger partial charge in [0.05, 0.1) is 6.20 Å². The van der Waals surface area contributed by atoms with E-state index in [1.165, 1.54) is 0 Å². The Morgan fingerprint density at radius 1 is 1.58 bits per heavy atom. The van der Waals surface area contributed by atoms with Gasteiger partial charge in [0.25, 0.3) is 0 Å². The molecule has 2 heterocycles. The lowest BCUT2D eigenvalue weighted by Gasteiger charge is -2.40. The van der Waals surface area contributed by atoms with Crippen LogP contribution in [0.4, 0.5) is 10.2 Å². The molecule has 0 aliphatic carbocycles. The molecule has 2 rings (SSSR count). The van der Waals surface area contributed by atoms with Crippen LogP contribution in [0.5, 0.6) is 0 Å². The summed E-state index contributed by atoms with van der Waals surface area (Å²) in [4.78, 5) is 19.3. The molecule has 1 atom stereocenters. The van der Waals surface area contributed by atoms with Gasteiger partial charge in [0.2, 0.25) is 0 Å². The molecular formula is C13H18FN3O2. The smallest absolute Gasteiger partial charge is 0.339 e. The maximum absolute atomic E-state index is 13.1. The Balaban J connectivity index is 2.29. The molecule has 1 aliphatic rings. The second-order valence-corrected chi connectivity index (χ2v) is 4.82. The van der Waals surface area contributed by atoms with Crippen LogP contribution in [-0.2, 0) is 0 Å². The average molecular weight is 267 g/mol. The van der Waals surface area contributed by atoms with Gasteiger partial charge in [-0.1, -0.05) is 6.92 Å². The third-order valence-electron chi connectivity index (χ3n) is 3.61. The van der Waals surface area contributed by atoms with Gasteiger partial charge < -0.3 is 10.0 Å². The third-order valence-corrected chi connectivity index (χ3v) is 3.61. The maximum Gasteiger partial charge on any atom is 0.339 e. The summed E-state index contributed by atoms with van der Waals surface area (Å²) >= 11 is 0. The zero-order valence-electron chi connectivity index (χ0n) is 11.1. The number of carboxylic acid groups (broad SMARTS) is 1. The van der Waals surface area contributed by atoms with Crippen molar-refractivity contribution < 1.29 is 14.3 Å². The Bertz CT molecular complexity index is 481. The molecule has 0 bridgehead atoms. The van der Waals surface area contributed by atoms with Crippen molar-refractivity contribution in [1.29, 1.82) is 0 Å². The van der Waals surface area contributed by atoms with E-state index in [9.17, 15) is 9.18 Å². The number of rotatable bonds is 3. The van der Waals surface area contributed by atoms with Crippen molar-refractivity contribution >= 4 is 11.8 Å². The Morgan fingerprint density at radius 3 is 2.95 bits per heavy atom. The lowest BCUT2D eigenvalue weighted by Crippen LogP contribution is -2.51. The van der Waals surface area contributed by atoms with E-state index in [0.29, 0.717) is 24.9 Å². The fraction of sp³-hybridized carbons (Fsp3) is 0.538. The molecule has 1 aromatic heterocycles. The second kappa shape index (κ2) is 5.52. The number of piperazine rings is 1. The first-order valence-corrected chi connectivity index (χ1v) is 6.37. The zero-order chi connectivity index (χ0) is 14.0. The lowest BCUT2D eigenvalue weighted by molar-refractivity contribution is 0.0696. The largest absolute Gasteiger partial charge is 0.478 e. The average Bonchev–Trinajstić information content (AvgIpc) is 2.39. The molecule has 1 aliphatic heterocycles. The van der Waals surface area contributed by atoms with Gasteiger partial charge in [-0.25, -0.2) is 14.2 Å². The van der Waals surface area contributed by atoms with Gasteiger partial charge in [-0.05, 0) is 19.5 Å². The molecule has 0 spiro atoms. The number of likely N-dealkylation sites (N-methyl/N-ethyl adjacent to an activating group) is 1. The van der Waals surface area contributed by atoms with Crippen LogP contribution in [-0.4, -0.2) is 53.7 Å². The predicted octanol–water partition coefficient (Wildman–Crippen LogP) is 1.45. The first-order chi connectivity index (χ1) is 9.02. The SMILES string of the molecule is CCC1CN(c2ncc(F)cc2C(=O)O)CCN1C. The second-order valence-electron chi connectivity index (χ2n) is 4.82. The Kier molecular flexibility index (Phi) is 3.99. The molecule has 1 aromatic rings. The van der Waals surface area contributed by atoms with Crippen LogP contribution in [0.25, 0.3) is 0 Å². The number of aromatic nitrogens is 1. The van der Waals surface area contributed by atoms with E-state index < -0.39 is 11.8 Å². The quantitative estimate of drug-likeness (QED) is 0.898. The number of hydrogen-bond donors (Lipinski definition) is 1. The van der Waals surface area contributed by atoms with E-state index >= 15 is 0 Å². The molecule has 1 unspecified atom stereocenters. The normalized spacial score (nSPS) is 20.6. The minimum absolute atomic E-state index is 0.0700. The van der Waals surface area contributed by atoms with Crippen molar-refractivity contribution in [3.8, 4) is 0 Å².